The number of fused-ring (bicyclic) bond motifs is 1. The Morgan fingerprint density at radius 1 is 1.15 bits per heavy atom. The van der Waals surface area contributed by atoms with Crippen molar-refractivity contribution in [1.29, 1.82) is 0 Å². The third-order valence-electron chi connectivity index (χ3n) is 4.15. The van der Waals surface area contributed by atoms with Crippen molar-refractivity contribution in [2.24, 2.45) is 10.2 Å². The monoisotopic (exact) mass is 415 g/mol. The molecule has 0 fully saturated rings. The van der Waals surface area contributed by atoms with Crippen LogP contribution in [0.1, 0.15) is 31.9 Å². The minimum Gasteiger partial charge on any atom is -0.374 e. The first-order valence-electron chi connectivity index (χ1n) is 8.48. The van der Waals surface area contributed by atoms with E-state index in [1.807, 2.05) is 63.2 Å². The van der Waals surface area contributed by atoms with Gasteiger partial charge in [-0.15, -0.1) is 0 Å². The molecule has 0 saturated carbocycles. The number of rotatable bonds is 4. The Bertz CT molecular complexity index is 846. The number of carbonyl (C=O) groups excluding carboxylic acids is 1. The van der Waals surface area contributed by atoms with Gasteiger partial charge in [-0.05, 0) is 44.5 Å². The second-order valence-corrected chi connectivity index (χ2v) is 8.38. The van der Waals surface area contributed by atoms with Crippen LogP contribution in [0.15, 0.2) is 63.2 Å². The van der Waals surface area contributed by atoms with E-state index in [9.17, 15) is 9.90 Å². The third-order valence-corrected chi connectivity index (χ3v) is 4.64. The van der Waals surface area contributed by atoms with Gasteiger partial charge in [-0.3, -0.25) is 4.79 Å². The SMILES string of the molecule is CC(C)(C)N=NCC1(O)C(=O)N(Cc2ccccc2)c2ccc(Br)cc21. The van der Waals surface area contributed by atoms with Gasteiger partial charge in [0.15, 0.2) is 5.60 Å². The topological polar surface area (TPSA) is 65.3 Å². The molecule has 1 aliphatic heterocycles. The number of carbonyl (C=O) groups is 1. The number of halogens is 1. The molecule has 136 valence electrons. The fourth-order valence-electron chi connectivity index (χ4n) is 2.95. The Morgan fingerprint density at radius 3 is 2.50 bits per heavy atom. The summed E-state index contributed by atoms with van der Waals surface area (Å²) in [5.41, 5.74) is 0.191. The van der Waals surface area contributed by atoms with E-state index in [0.29, 0.717) is 17.8 Å². The summed E-state index contributed by atoms with van der Waals surface area (Å²) in [7, 11) is 0. The highest BCUT2D eigenvalue weighted by Crippen LogP contribution is 2.42. The first-order chi connectivity index (χ1) is 12.2. The Labute approximate surface area is 161 Å². The number of azo groups is 1. The van der Waals surface area contributed by atoms with Gasteiger partial charge < -0.3 is 10.0 Å². The van der Waals surface area contributed by atoms with Crippen LogP contribution in [0.3, 0.4) is 0 Å². The van der Waals surface area contributed by atoms with E-state index in [1.165, 1.54) is 0 Å². The van der Waals surface area contributed by atoms with Crippen LogP contribution in [0.25, 0.3) is 0 Å². The molecule has 26 heavy (non-hydrogen) atoms. The number of anilines is 1. The maximum atomic E-state index is 13.1. The van der Waals surface area contributed by atoms with Crippen LogP contribution < -0.4 is 4.90 Å². The van der Waals surface area contributed by atoms with Crippen LogP contribution in [-0.2, 0) is 16.9 Å². The highest BCUT2D eigenvalue weighted by molar-refractivity contribution is 9.10. The lowest BCUT2D eigenvalue weighted by Crippen LogP contribution is -2.42. The zero-order valence-corrected chi connectivity index (χ0v) is 16.7. The molecule has 5 nitrogen and oxygen atoms in total. The van der Waals surface area contributed by atoms with Crippen molar-refractivity contribution in [3.8, 4) is 0 Å². The second kappa shape index (κ2) is 6.93. The van der Waals surface area contributed by atoms with Crippen molar-refractivity contribution >= 4 is 27.5 Å². The zero-order chi connectivity index (χ0) is 18.9. The van der Waals surface area contributed by atoms with Crippen LogP contribution >= 0.6 is 15.9 Å². The lowest BCUT2D eigenvalue weighted by atomic mass is 9.96. The molecule has 0 saturated heterocycles. The molecular formula is C20H22BrN3O2. The van der Waals surface area contributed by atoms with E-state index in [0.717, 1.165) is 10.0 Å². The molecule has 6 heteroatoms. The lowest BCUT2D eigenvalue weighted by Gasteiger charge is -2.22. The first-order valence-corrected chi connectivity index (χ1v) is 9.27. The first kappa shape index (κ1) is 18.7. The predicted octanol–water partition coefficient (Wildman–Crippen LogP) is 4.43. The highest BCUT2D eigenvalue weighted by Gasteiger charge is 2.50. The summed E-state index contributed by atoms with van der Waals surface area (Å²) in [4.78, 5) is 14.7. The van der Waals surface area contributed by atoms with Gasteiger partial charge in [0.2, 0.25) is 0 Å². The predicted molar refractivity (Wildman–Crippen MR) is 105 cm³/mol. The van der Waals surface area contributed by atoms with Crippen molar-refractivity contribution in [3.63, 3.8) is 0 Å². The van der Waals surface area contributed by atoms with Gasteiger partial charge in [-0.25, -0.2) is 0 Å². The van der Waals surface area contributed by atoms with Crippen molar-refractivity contribution in [1.82, 2.24) is 0 Å². The summed E-state index contributed by atoms with van der Waals surface area (Å²) in [6.45, 7) is 6.06. The van der Waals surface area contributed by atoms with Crippen LogP contribution in [0, 0.1) is 0 Å². The smallest absolute Gasteiger partial charge is 0.266 e. The van der Waals surface area contributed by atoms with E-state index in [2.05, 4.69) is 26.2 Å². The maximum absolute atomic E-state index is 13.1. The number of amides is 1. The van der Waals surface area contributed by atoms with Crippen LogP contribution in [0.4, 0.5) is 5.69 Å². The lowest BCUT2D eigenvalue weighted by molar-refractivity contribution is -0.135. The summed E-state index contributed by atoms with van der Waals surface area (Å²) < 4.78 is 0.803. The molecule has 2 aromatic carbocycles. The fraction of sp³-hybridized carbons (Fsp3) is 0.350. The second-order valence-electron chi connectivity index (χ2n) is 7.47. The molecule has 0 aliphatic carbocycles. The van der Waals surface area contributed by atoms with Crippen LogP contribution in [0.5, 0.6) is 0 Å². The molecule has 0 aromatic heterocycles. The largest absolute Gasteiger partial charge is 0.374 e. The molecule has 0 spiro atoms. The molecule has 1 amide bonds. The number of nitrogens with zero attached hydrogens (tertiary/aromatic N) is 3. The summed E-state index contributed by atoms with van der Waals surface area (Å²) in [5, 5.41) is 19.5. The Morgan fingerprint density at radius 2 is 1.85 bits per heavy atom. The van der Waals surface area contributed by atoms with Crippen molar-refractivity contribution in [2.45, 2.75) is 38.5 Å². The zero-order valence-electron chi connectivity index (χ0n) is 15.1. The average Bonchev–Trinajstić information content (AvgIpc) is 2.77. The molecule has 2 aromatic rings. The van der Waals surface area contributed by atoms with Gasteiger partial charge in [0, 0.05) is 10.0 Å². The quantitative estimate of drug-likeness (QED) is 0.750. The fourth-order valence-corrected chi connectivity index (χ4v) is 3.31. The average molecular weight is 416 g/mol. The third kappa shape index (κ3) is 3.71. The van der Waals surface area contributed by atoms with Crippen LogP contribution in [0.2, 0.25) is 0 Å². The maximum Gasteiger partial charge on any atom is 0.266 e. The van der Waals surface area contributed by atoms with Crippen molar-refractivity contribution in [2.75, 3.05) is 11.4 Å². The van der Waals surface area contributed by atoms with Gasteiger partial charge in [0.1, 0.15) is 6.54 Å². The summed E-state index contributed by atoms with van der Waals surface area (Å²) in [6, 6.07) is 15.2. The van der Waals surface area contributed by atoms with Gasteiger partial charge in [0.05, 0.1) is 17.8 Å². The summed E-state index contributed by atoms with van der Waals surface area (Å²) in [6.07, 6.45) is 0. The normalized spacial score (nSPS) is 20.0. The number of hydrogen-bond donors (Lipinski definition) is 1. The molecule has 1 heterocycles. The molecule has 3 rings (SSSR count). The van der Waals surface area contributed by atoms with E-state index in [1.54, 1.807) is 11.0 Å². The van der Waals surface area contributed by atoms with E-state index in [4.69, 9.17) is 0 Å². The van der Waals surface area contributed by atoms with Gasteiger partial charge in [0.25, 0.3) is 5.91 Å². The molecular weight excluding hydrogens is 394 g/mol. The Hall–Kier alpha value is -2.05. The minimum atomic E-state index is -1.71. The molecule has 0 radical (unpaired) electrons. The number of hydrogen-bond acceptors (Lipinski definition) is 4. The van der Waals surface area contributed by atoms with Crippen LogP contribution in [-0.4, -0.2) is 23.1 Å². The van der Waals surface area contributed by atoms with E-state index >= 15 is 0 Å². The summed E-state index contributed by atoms with van der Waals surface area (Å²) in [5.74, 6) is -0.373. The molecule has 0 bridgehead atoms. The Kier molecular flexibility index (Phi) is 4.99. The standard InChI is InChI=1S/C20H22BrN3O2/c1-19(2,3)23-22-13-20(26)16-11-15(21)9-10-17(16)24(18(20)25)12-14-7-5-4-6-8-14/h4-11,26H,12-13H2,1-3H3. The number of aliphatic hydroxyl groups is 1. The van der Waals surface area contributed by atoms with Crippen molar-refractivity contribution in [3.05, 3.63) is 64.1 Å². The number of benzene rings is 2. The Balaban J connectivity index is 1.98. The highest BCUT2D eigenvalue weighted by atomic mass is 79.9. The molecule has 1 aliphatic rings. The molecule has 1 atom stereocenters. The van der Waals surface area contributed by atoms with Gasteiger partial charge >= 0.3 is 0 Å². The molecule has 1 N–H and O–H groups in total. The van der Waals surface area contributed by atoms with Gasteiger partial charge in [-0.2, -0.15) is 10.2 Å². The van der Waals surface area contributed by atoms with E-state index in [-0.39, 0.29) is 18.0 Å². The summed E-state index contributed by atoms with van der Waals surface area (Å²) >= 11 is 3.43. The van der Waals surface area contributed by atoms with Gasteiger partial charge in [-0.1, -0.05) is 46.3 Å². The molecule has 1 unspecified atom stereocenters. The van der Waals surface area contributed by atoms with Crippen molar-refractivity contribution < 1.29 is 9.90 Å². The van der Waals surface area contributed by atoms with E-state index < -0.39 is 5.60 Å². The minimum absolute atomic E-state index is 0.0994.